The summed E-state index contributed by atoms with van der Waals surface area (Å²) in [5.41, 5.74) is 4.48. The Morgan fingerprint density at radius 1 is 1.23 bits per heavy atom. The average Bonchev–Trinajstić information content (AvgIpc) is 3.35. The van der Waals surface area contributed by atoms with Gasteiger partial charge in [-0.1, -0.05) is 12.1 Å². The molecule has 4 aromatic rings. The number of fused-ring (bicyclic) bond motifs is 1. The summed E-state index contributed by atoms with van der Waals surface area (Å²) in [4.78, 5) is 18.0. The number of carbonyl (C=O) groups is 1. The number of hydrogen-bond donors (Lipinski definition) is 1. The molecule has 4 rings (SSSR count). The van der Waals surface area contributed by atoms with E-state index in [-0.39, 0.29) is 5.91 Å². The number of amides is 1. The quantitative estimate of drug-likeness (QED) is 0.534. The Morgan fingerprint density at radius 3 is 2.83 bits per heavy atom. The van der Waals surface area contributed by atoms with Gasteiger partial charge in [0.2, 0.25) is 0 Å². The molecule has 3 heterocycles. The van der Waals surface area contributed by atoms with Crippen molar-refractivity contribution in [1.82, 2.24) is 29.9 Å². The zero-order valence-corrected chi connectivity index (χ0v) is 17.5. The molecule has 0 radical (unpaired) electrons. The Morgan fingerprint density at radius 2 is 2.07 bits per heavy atom. The Bertz CT molecular complexity index is 1220. The summed E-state index contributed by atoms with van der Waals surface area (Å²) < 4.78 is 8.90. The van der Waals surface area contributed by atoms with Crippen molar-refractivity contribution in [2.75, 3.05) is 7.11 Å². The number of pyridine rings is 1. The monoisotopic (exact) mass is 404 g/mol. The fourth-order valence-corrected chi connectivity index (χ4v) is 3.62. The number of methoxy groups -OCH3 is 1. The zero-order chi connectivity index (χ0) is 21.3. The number of ether oxygens (including phenoxy) is 1. The Kier molecular flexibility index (Phi) is 5.22. The first-order valence-corrected chi connectivity index (χ1v) is 9.79. The van der Waals surface area contributed by atoms with Gasteiger partial charge in [-0.05, 0) is 38.1 Å². The molecule has 0 aliphatic heterocycles. The minimum absolute atomic E-state index is 0.175. The van der Waals surface area contributed by atoms with Gasteiger partial charge in [-0.25, -0.2) is 4.98 Å². The summed E-state index contributed by atoms with van der Waals surface area (Å²) in [6.45, 7) is 5.05. The molecule has 154 valence electrons. The van der Waals surface area contributed by atoms with E-state index >= 15 is 0 Å². The standard InChI is InChI=1S/C22H24N6O2/c1-5-28-16(9-10-24-28)13-23-22(29)18-12-19(15-7-6-8-17(11-15)30-4)25-21-20(18)14(2)26-27(21)3/h6-12H,5,13H2,1-4H3,(H,23,29). The largest absolute Gasteiger partial charge is 0.497 e. The van der Waals surface area contributed by atoms with Crippen LogP contribution in [0.25, 0.3) is 22.3 Å². The second-order valence-corrected chi connectivity index (χ2v) is 7.02. The second kappa shape index (κ2) is 7.98. The van der Waals surface area contributed by atoms with Crippen LogP contribution in [0, 0.1) is 6.92 Å². The number of nitrogens with zero attached hydrogens (tertiary/aromatic N) is 5. The van der Waals surface area contributed by atoms with Crippen molar-refractivity contribution < 1.29 is 9.53 Å². The maximum Gasteiger partial charge on any atom is 0.252 e. The predicted octanol–water partition coefficient (Wildman–Crippen LogP) is 3.10. The highest BCUT2D eigenvalue weighted by atomic mass is 16.5. The van der Waals surface area contributed by atoms with Crippen LogP contribution in [0.5, 0.6) is 5.75 Å². The lowest BCUT2D eigenvalue weighted by Crippen LogP contribution is -2.25. The van der Waals surface area contributed by atoms with Crippen LogP contribution in [0.2, 0.25) is 0 Å². The molecule has 0 fully saturated rings. The van der Waals surface area contributed by atoms with Crippen LogP contribution in [-0.2, 0) is 20.1 Å². The van der Waals surface area contributed by atoms with Gasteiger partial charge in [-0.3, -0.25) is 14.2 Å². The molecular formula is C22H24N6O2. The predicted molar refractivity (Wildman–Crippen MR) is 114 cm³/mol. The minimum atomic E-state index is -0.175. The van der Waals surface area contributed by atoms with Crippen LogP contribution >= 0.6 is 0 Å². The molecular weight excluding hydrogens is 380 g/mol. The summed E-state index contributed by atoms with van der Waals surface area (Å²) >= 11 is 0. The van der Waals surface area contributed by atoms with Crippen LogP contribution in [0.15, 0.2) is 42.6 Å². The van der Waals surface area contributed by atoms with E-state index < -0.39 is 0 Å². The normalized spacial score (nSPS) is 11.1. The van der Waals surface area contributed by atoms with Crippen LogP contribution < -0.4 is 10.1 Å². The van der Waals surface area contributed by atoms with Crippen LogP contribution in [0.1, 0.15) is 28.7 Å². The fraction of sp³-hybridized carbons (Fsp3) is 0.273. The number of aromatic nitrogens is 5. The summed E-state index contributed by atoms with van der Waals surface area (Å²) in [6.07, 6.45) is 1.74. The third kappa shape index (κ3) is 3.52. The topological polar surface area (TPSA) is 86.9 Å². The molecule has 0 spiro atoms. The highest BCUT2D eigenvalue weighted by Gasteiger charge is 2.19. The molecule has 1 N–H and O–H groups in total. The van der Waals surface area contributed by atoms with Crippen molar-refractivity contribution in [2.24, 2.45) is 7.05 Å². The minimum Gasteiger partial charge on any atom is -0.497 e. The number of aryl methyl sites for hydroxylation is 3. The maximum absolute atomic E-state index is 13.2. The molecule has 1 amide bonds. The van der Waals surface area contributed by atoms with Crippen molar-refractivity contribution in [3.05, 3.63) is 59.5 Å². The molecule has 0 aliphatic carbocycles. The summed E-state index contributed by atoms with van der Waals surface area (Å²) in [5.74, 6) is 0.556. The van der Waals surface area contributed by atoms with Gasteiger partial charge in [0.15, 0.2) is 5.65 Å². The van der Waals surface area contributed by atoms with Gasteiger partial charge in [0.25, 0.3) is 5.91 Å². The highest BCUT2D eigenvalue weighted by Crippen LogP contribution is 2.28. The smallest absolute Gasteiger partial charge is 0.252 e. The SMILES string of the molecule is CCn1nccc1CNC(=O)c1cc(-c2cccc(OC)c2)nc2c1c(C)nn2C. The molecule has 0 bridgehead atoms. The lowest BCUT2D eigenvalue weighted by atomic mass is 10.0. The molecule has 0 saturated heterocycles. The van der Waals surface area contributed by atoms with Crippen molar-refractivity contribution >= 4 is 16.9 Å². The molecule has 8 nitrogen and oxygen atoms in total. The zero-order valence-electron chi connectivity index (χ0n) is 17.5. The van der Waals surface area contributed by atoms with Crippen LogP contribution in [-0.4, -0.2) is 37.6 Å². The first-order chi connectivity index (χ1) is 14.5. The van der Waals surface area contributed by atoms with E-state index in [1.54, 1.807) is 18.0 Å². The van der Waals surface area contributed by atoms with Gasteiger partial charge >= 0.3 is 0 Å². The maximum atomic E-state index is 13.2. The fourth-order valence-electron chi connectivity index (χ4n) is 3.62. The van der Waals surface area contributed by atoms with Gasteiger partial charge in [0.1, 0.15) is 5.75 Å². The van der Waals surface area contributed by atoms with Crippen LogP contribution in [0.4, 0.5) is 0 Å². The van der Waals surface area contributed by atoms with E-state index in [1.165, 1.54) is 0 Å². The lowest BCUT2D eigenvalue weighted by Gasteiger charge is -2.11. The third-order valence-corrected chi connectivity index (χ3v) is 5.11. The number of benzene rings is 1. The van der Waals surface area contributed by atoms with E-state index in [4.69, 9.17) is 9.72 Å². The summed E-state index contributed by atoms with van der Waals surface area (Å²) in [7, 11) is 3.46. The second-order valence-electron chi connectivity index (χ2n) is 7.02. The van der Waals surface area contributed by atoms with Gasteiger partial charge in [0.05, 0.1) is 41.7 Å². The number of hydrogen-bond acceptors (Lipinski definition) is 5. The van der Waals surface area contributed by atoms with E-state index in [1.807, 2.05) is 62.0 Å². The number of rotatable bonds is 6. The van der Waals surface area contributed by atoms with Gasteiger partial charge in [-0.15, -0.1) is 0 Å². The highest BCUT2D eigenvalue weighted by molar-refractivity contribution is 6.07. The number of nitrogens with one attached hydrogen (secondary N) is 1. The van der Waals surface area contributed by atoms with Crippen molar-refractivity contribution in [3.63, 3.8) is 0 Å². The van der Waals surface area contributed by atoms with Crippen molar-refractivity contribution in [1.29, 1.82) is 0 Å². The van der Waals surface area contributed by atoms with E-state index in [0.29, 0.717) is 23.4 Å². The third-order valence-electron chi connectivity index (χ3n) is 5.11. The molecule has 8 heteroatoms. The van der Waals surface area contributed by atoms with E-state index in [9.17, 15) is 4.79 Å². The van der Waals surface area contributed by atoms with Gasteiger partial charge in [0, 0.05) is 25.4 Å². The Labute approximate surface area is 174 Å². The van der Waals surface area contributed by atoms with Gasteiger partial charge in [-0.2, -0.15) is 10.2 Å². The number of carbonyl (C=O) groups excluding carboxylic acids is 1. The van der Waals surface area contributed by atoms with E-state index in [0.717, 1.165) is 34.6 Å². The van der Waals surface area contributed by atoms with Crippen molar-refractivity contribution in [3.8, 4) is 17.0 Å². The molecule has 0 unspecified atom stereocenters. The molecule has 0 aliphatic rings. The molecule has 0 saturated carbocycles. The first kappa shape index (κ1) is 19.6. The Hall–Kier alpha value is -3.68. The van der Waals surface area contributed by atoms with Crippen molar-refractivity contribution in [2.45, 2.75) is 26.9 Å². The van der Waals surface area contributed by atoms with Crippen LogP contribution in [0.3, 0.4) is 0 Å². The molecule has 30 heavy (non-hydrogen) atoms. The molecule has 3 aromatic heterocycles. The van der Waals surface area contributed by atoms with E-state index in [2.05, 4.69) is 15.5 Å². The Balaban J connectivity index is 1.76. The lowest BCUT2D eigenvalue weighted by molar-refractivity contribution is 0.0951. The molecule has 1 aromatic carbocycles. The average molecular weight is 404 g/mol. The van der Waals surface area contributed by atoms with Gasteiger partial charge < -0.3 is 10.1 Å². The summed E-state index contributed by atoms with van der Waals surface area (Å²) in [5, 5.41) is 12.5. The summed E-state index contributed by atoms with van der Waals surface area (Å²) in [6, 6.07) is 11.3. The molecule has 0 atom stereocenters. The first-order valence-electron chi connectivity index (χ1n) is 9.79.